The minimum atomic E-state index is 0.0881. The minimum Gasteiger partial charge on any atom is -0.466 e. The highest BCUT2D eigenvalue weighted by Crippen LogP contribution is 2.28. The predicted octanol–water partition coefficient (Wildman–Crippen LogP) is 1.75. The summed E-state index contributed by atoms with van der Waals surface area (Å²) in [5.74, 6) is 2.01. The van der Waals surface area contributed by atoms with Gasteiger partial charge in [-0.1, -0.05) is 0 Å². The molecule has 6 nitrogen and oxygen atoms in total. The summed E-state index contributed by atoms with van der Waals surface area (Å²) >= 11 is 0. The van der Waals surface area contributed by atoms with E-state index in [0.29, 0.717) is 23.3 Å². The number of carbonyl (C=O) groups excluding carboxylic acids is 1. The second-order valence-electron chi connectivity index (χ2n) is 7.90. The number of aliphatic hydroxyl groups is 1. The Morgan fingerprint density at radius 3 is 2.58 bits per heavy atom. The quantitative estimate of drug-likeness (QED) is 0.864. The van der Waals surface area contributed by atoms with Gasteiger partial charge < -0.3 is 19.3 Å². The molecule has 26 heavy (non-hydrogen) atoms. The first-order chi connectivity index (χ1) is 12.5. The van der Waals surface area contributed by atoms with E-state index in [4.69, 9.17) is 4.42 Å². The molecular weight excluding hydrogens is 330 g/mol. The Balaban J connectivity index is 1.69. The molecule has 3 heterocycles. The summed E-state index contributed by atoms with van der Waals surface area (Å²) in [7, 11) is 2.18. The number of hydrogen-bond donors (Lipinski definition) is 1. The molecule has 0 spiro atoms. The van der Waals surface area contributed by atoms with Gasteiger partial charge in [0.15, 0.2) is 0 Å². The average Bonchev–Trinajstić information content (AvgIpc) is 2.98. The summed E-state index contributed by atoms with van der Waals surface area (Å²) in [6.45, 7) is 9.97. The first kappa shape index (κ1) is 19.4. The van der Waals surface area contributed by atoms with E-state index in [1.165, 1.54) is 0 Å². The minimum absolute atomic E-state index is 0.0881. The summed E-state index contributed by atoms with van der Waals surface area (Å²) in [4.78, 5) is 20.0. The summed E-state index contributed by atoms with van der Waals surface area (Å²) in [6, 6.07) is 2.37. The highest BCUT2D eigenvalue weighted by atomic mass is 16.3. The van der Waals surface area contributed by atoms with Crippen molar-refractivity contribution >= 4 is 5.91 Å². The lowest BCUT2D eigenvalue weighted by Gasteiger charge is -2.46. The highest BCUT2D eigenvalue weighted by Gasteiger charge is 2.36. The van der Waals surface area contributed by atoms with Crippen LogP contribution in [-0.4, -0.2) is 84.7 Å². The number of nitrogens with zero attached hydrogens (tertiary/aromatic N) is 3. The molecule has 146 valence electrons. The fraction of sp³-hybridized carbons (Fsp3) is 0.750. The third-order valence-corrected chi connectivity index (χ3v) is 5.99. The van der Waals surface area contributed by atoms with Gasteiger partial charge in [0.25, 0.3) is 5.91 Å². The van der Waals surface area contributed by atoms with Gasteiger partial charge in [-0.25, -0.2) is 0 Å². The van der Waals surface area contributed by atoms with Crippen molar-refractivity contribution in [2.45, 2.75) is 39.2 Å². The van der Waals surface area contributed by atoms with Gasteiger partial charge in [-0.2, -0.15) is 0 Å². The van der Waals surface area contributed by atoms with Gasteiger partial charge in [0.2, 0.25) is 0 Å². The lowest BCUT2D eigenvalue weighted by Crippen LogP contribution is -2.57. The molecule has 1 aromatic heterocycles. The van der Waals surface area contributed by atoms with Gasteiger partial charge in [0.05, 0.1) is 5.56 Å². The van der Waals surface area contributed by atoms with Crippen molar-refractivity contribution in [1.82, 2.24) is 14.7 Å². The molecule has 3 rings (SSSR count). The number of amides is 1. The van der Waals surface area contributed by atoms with Crippen LogP contribution in [0.2, 0.25) is 0 Å². The van der Waals surface area contributed by atoms with Crippen molar-refractivity contribution in [2.75, 3.05) is 52.9 Å². The number of likely N-dealkylation sites (N-methyl/N-ethyl adjacent to an activating group) is 1. The molecule has 2 aliphatic heterocycles. The fourth-order valence-electron chi connectivity index (χ4n) is 4.49. The van der Waals surface area contributed by atoms with Crippen molar-refractivity contribution in [2.24, 2.45) is 5.92 Å². The standard InChI is InChI=1S/C20H33N3O3/c1-15-13-18(16(2)26-15)20(25)23-7-6-19(17(14-23)5-4-12-24)22-10-8-21(3)9-11-22/h13,17,19,24H,4-12,14H2,1-3H3/t17-,19+/m1/s1. The van der Waals surface area contributed by atoms with E-state index in [0.717, 1.165) is 64.3 Å². The number of piperidine rings is 1. The molecule has 0 unspecified atom stereocenters. The number of likely N-dealkylation sites (tertiary alicyclic amines) is 1. The van der Waals surface area contributed by atoms with Crippen LogP contribution in [-0.2, 0) is 0 Å². The molecule has 0 aromatic carbocycles. The maximum Gasteiger partial charge on any atom is 0.257 e. The number of furan rings is 1. The molecule has 0 saturated carbocycles. The third-order valence-electron chi connectivity index (χ3n) is 5.99. The lowest BCUT2D eigenvalue weighted by molar-refractivity contribution is 0.0217. The monoisotopic (exact) mass is 363 g/mol. The van der Waals surface area contributed by atoms with E-state index in [-0.39, 0.29) is 12.5 Å². The number of piperazine rings is 1. The SMILES string of the molecule is Cc1cc(C(=O)N2CC[C@H](N3CCN(C)CC3)[C@H](CCCO)C2)c(C)o1. The van der Waals surface area contributed by atoms with Crippen LogP contribution < -0.4 is 0 Å². The first-order valence-corrected chi connectivity index (χ1v) is 9.89. The van der Waals surface area contributed by atoms with Crippen molar-refractivity contribution in [1.29, 1.82) is 0 Å². The molecule has 1 N–H and O–H groups in total. The van der Waals surface area contributed by atoms with E-state index >= 15 is 0 Å². The average molecular weight is 364 g/mol. The van der Waals surface area contributed by atoms with Crippen LogP contribution in [0.4, 0.5) is 0 Å². The van der Waals surface area contributed by atoms with E-state index < -0.39 is 0 Å². The molecule has 2 fully saturated rings. The van der Waals surface area contributed by atoms with E-state index in [9.17, 15) is 9.90 Å². The number of carbonyl (C=O) groups is 1. The second-order valence-corrected chi connectivity index (χ2v) is 7.90. The topological polar surface area (TPSA) is 60.2 Å². The maximum absolute atomic E-state index is 13.0. The number of hydrogen-bond acceptors (Lipinski definition) is 5. The van der Waals surface area contributed by atoms with Crippen LogP contribution >= 0.6 is 0 Å². The Hall–Kier alpha value is -1.37. The van der Waals surface area contributed by atoms with Crippen molar-refractivity contribution in [3.05, 3.63) is 23.2 Å². The van der Waals surface area contributed by atoms with Gasteiger partial charge >= 0.3 is 0 Å². The molecular formula is C20H33N3O3. The first-order valence-electron chi connectivity index (χ1n) is 9.89. The summed E-state index contributed by atoms with van der Waals surface area (Å²) < 4.78 is 5.55. The van der Waals surface area contributed by atoms with Crippen LogP contribution in [0.3, 0.4) is 0 Å². The van der Waals surface area contributed by atoms with Gasteiger partial charge in [-0.05, 0) is 52.1 Å². The van der Waals surface area contributed by atoms with Crippen LogP contribution in [0.25, 0.3) is 0 Å². The van der Waals surface area contributed by atoms with Gasteiger partial charge in [0.1, 0.15) is 11.5 Å². The van der Waals surface area contributed by atoms with Gasteiger partial charge in [-0.15, -0.1) is 0 Å². The van der Waals surface area contributed by atoms with Crippen LogP contribution in [0.5, 0.6) is 0 Å². The summed E-state index contributed by atoms with van der Waals surface area (Å²) in [6.07, 6.45) is 2.79. The molecule has 6 heteroatoms. The number of aliphatic hydroxyl groups excluding tert-OH is 1. The molecule has 0 radical (unpaired) electrons. The molecule has 0 bridgehead atoms. The van der Waals surface area contributed by atoms with Gasteiger partial charge in [0, 0.05) is 51.9 Å². The molecule has 2 saturated heterocycles. The largest absolute Gasteiger partial charge is 0.466 e. The van der Waals surface area contributed by atoms with E-state index in [2.05, 4.69) is 16.8 Å². The van der Waals surface area contributed by atoms with Crippen molar-refractivity contribution in [3.8, 4) is 0 Å². The Morgan fingerprint density at radius 1 is 1.23 bits per heavy atom. The van der Waals surface area contributed by atoms with Crippen molar-refractivity contribution in [3.63, 3.8) is 0 Å². The van der Waals surface area contributed by atoms with Crippen molar-refractivity contribution < 1.29 is 14.3 Å². The van der Waals surface area contributed by atoms with E-state index in [1.54, 1.807) is 0 Å². The number of rotatable bonds is 5. The molecule has 1 aromatic rings. The third kappa shape index (κ3) is 4.30. The zero-order chi connectivity index (χ0) is 18.7. The number of aryl methyl sites for hydroxylation is 2. The predicted molar refractivity (Wildman–Crippen MR) is 101 cm³/mol. The Labute approximate surface area is 156 Å². The normalized spacial score (nSPS) is 25.6. The van der Waals surface area contributed by atoms with Gasteiger partial charge in [-0.3, -0.25) is 9.69 Å². The molecule has 0 aliphatic carbocycles. The van der Waals surface area contributed by atoms with Crippen LogP contribution in [0, 0.1) is 19.8 Å². The fourth-order valence-corrected chi connectivity index (χ4v) is 4.49. The molecule has 2 atom stereocenters. The smallest absolute Gasteiger partial charge is 0.257 e. The van der Waals surface area contributed by atoms with Crippen LogP contribution in [0.1, 0.15) is 41.1 Å². The zero-order valence-corrected chi connectivity index (χ0v) is 16.4. The molecule has 2 aliphatic rings. The Morgan fingerprint density at radius 2 is 1.96 bits per heavy atom. The zero-order valence-electron chi connectivity index (χ0n) is 16.4. The maximum atomic E-state index is 13.0. The highest BCUT2D eigenvalue weighted by molar-refractivity contribution is 5.95. The van der Waals surface area contributed by atoms with Crippen LogP contribution in [0.15, 0.2) is 10.5 Å². The summed E-state index contributed by atoms with van der Waals surface area (Å²) in [5, 5.41) is 9.31. The summed E-state index contributed by atoms with van der Waals surface area (Å²) in [5.41, 5.74) is 0.696. The molecule has 1 amide bonds. The lowest BCUT2D eigenvalue weighted by atomic mass is 9.86. The second kappa shape index (κ2) is 8.55. The Kier molecular flexibility index (Phi) is 6.37. The van der Waals surface area contributed by atoms with E-state index in [1.807, 2.05) is 24.8 Å². The Bertz CT molecular complexity index is 607.